The van der Waals surface area contributed by atoms with Gasteiger partial charge in [-0.3, -0.25) is 10.8 Å². The summed E-state index contributed by atoms with van der Waals surface area (Å²) in [6.45, 7) is 2.26. The van der Waals surface area contributed by atoms with Crippen molar-refractivity contribution < 1.29 is 24.1 Å². The number of hydrogen-bond acceptors (Lipinski definition) is 6. The Labute approximate surface area is 203 Å². The Kier molecular flexibility index (Phi) is 6.85. The van der Waals surface area contributed by atoms with Gasteiger partial charge >= 0.3 is 5.97 Å². The first-order valence-electron chi connectivity index (χ1n) is 11.3. The van der Waals surface area contributed by atoms with Crippen LogP contribution in [0.2, 0.25) is 0 Å². The Morgan fingerprint density at radius 2 is 1.57 bits per heavy atom. The highest BCUT2D eigenvalue weighted by molar-refractivity contribution is 5.76. The lowest BCUT2D eigenvalue weighted by Crippen LogP contribution is -2.44. The quantitative estimate of drug-likeness (QED) is 0.292. The lowest BCUT2D eigenvalue weighted by molar-refractivity contribution is -0.145. The maximum absolute atomic E-state index is 12.1. The number of methoxy groups -OCH3 is 1. The van der Waals surface area contributed by atoms with Crippen LogP contribution >= 0.6 is 0 Å². The molecule has 2 aliphatic rings. The molecule has 0 aliphatic carbocycles. The third-order valence-electron chi connectivity index (χ3n) is 6.29. The molecule has 11 nitrogen and oxygen atoms in total. The summed E-state index contributed by atoms with van der Waals surface area (Å²) >= 11 is 0. The maximum atomic E-state index is 12.1. The number of likely N-dealkylation sites (tertiary alicyclic amines) is 1. The first-order chi connectivity index (χ1) is 16.7. The smallest absolute Gasteiger partial charge is 0.349 e. The minimum atomic E-state index is -1.25. The topological polar surface area (TPSA) is 171 Å². The molecule has 1 fully saturated rings. The summed E-state index contributed by atoms with van der Waals surface area (Å²) in [5.41, 5.74) is 13.5. The molecule has 1 atom stereocenters. The number of fused-ring (bicyclic) bond motifs is 1. The van der Waals surface area contributed by atoms with Gasteiger partial charge in [0, 0.05) is 44.6 Å². The van der Waals surface area contributed by atoms with Gasteiger partial charge in [0.2, 0.25) is 6.10 Å². The fourth-order valence-corrected chi connectivity index (χ4v) is 4.34. The molecule has 0 spiro atoms. The Balaban J connectivity index is 1.46. The van der Waals surface area contributed by atoms with Crippen LogP contribution in [0.15, 0.2) is 36.4 Å². The molecule has 2 aliphatic heterocycles. The average Bonchev–Trinajstić information content (AvgIpc) is 3.26. The molecule has 7 N–H and O–H groups in total. The van der Waals surface area contributed by atoms with Crippen molar-refractivity contribution in [3.8, 4) is 17.2 Å². The van der Waals surface area contributed by atoms with E-state index in [9.17, 15) is 9.90 Å². The molecular weight excluding hydrogens is 452 g/mol. The second-order valence-corrected chi connectivity index (χ2v) is 8.61. The highest BCUT2D eigenvalue weighted by atomic mass is 16.5. The summed E-state index contributed by atoms with van der Waals surface area (Å²) in [4.78, 5) is 15.6. The second kappa shape index (κ2) is 10.00. The monoisotopic (exact) mass is 482 g/mol. The second-order valence-electron chi connectivity index (χ2n) is 8.61. The van der Waals surface area contributed by atoms with Gasteiger partial charge in [-0.2, -0.15) is 0 Å². The molecule has 2 aromatic rings. The standard InChI is InChI=1S/C24H30N6O5/c1-33-19-10-15-12-30(24(27)28)13-16(15)11-20(19)35-21(22(31)32)14-2-4-17(5-3-14)34-18-6-8-29(9-7-18)23(25)26/h2-5,10-11,18,21H,6-9,12-13H2,1H3,(H3,25,26)(H3,27,28)(H,31,32). The first kappa shape index (κ1) is 24.0. The zero-order valence-corrected chi connectivity index (χ0v) is 19.5. The highest BCUT2D eigenvalue weighted by Gasteiger charge is 2.27. The number of nitrogens with zero attached hydrogens (tertiary/aromatic N) is 2. The lowest BCUT2D eigenvalue weighted by Gasteiger charge is -2.32. The predicted molar refractivity (Wildman–Crippen MR) is 129 cm³/mol. The average molecular weight is 483 g/mol. The van der Waals surface area contributed by atoms with Crippen LogP contribution in [0.25, 0.3) is 0 Å². The van der Waals surface area contributed by atoms with Crippen LogP contribution in [0.3, 0.4) is 0 Å². The molecule has 186 valence electrons. The van der Waals surface area contributed by atoms with Gasteiger partial charge in [-0.25, -0.2) is 4.79 Å². The van der Waals surface area contributed by atoms with Crippen molar-refractivity contribution in [3.63, 3.8) is 0 Å². The molecular formula is C24H30N6O5. The largest absolute Gasteiger partial charge is 0.493 e. The number of piperidine rings is 1. The fourth-order valence-electron chi connectivity index (χ4n) is 4.34. The van der Waals surface area contributed by atoms with Gasteiger partial charge < -0.3 is 40.6 Å². The number of nitrogens with one attached hydrogen (secondary N) is 2. The number of aliphatic carboxylic acids is 1. The van der Waals surface area contributed by atoms with Crippen molar-refractivity contribution in [2.75, 3.05) is 20.2 Å². The van der Waals surface area contributed by atoms with Crippen LogP contribution in [0, 0.1) is 10.8 Å². The number of carboxylic acids is 1. The number of nitrogens with two attached hydrogens (primary N) is 2. The van der Waals surface area contributed by atoms with Gasteiger partial charge in [0.25, 0.3) is 0 Å². The van der Waals surface area contributed by atoms with E-state index in [1.165, 1.54) is 7.11 Å². The third kappa shape index (κ3) is 5.34. The van der Waals surface area contributed by atoms with E-state index in [2.05, 4.69) is 0 Å². The van der Waals surface area contributed by atoms with Gasteiger partial charge in [-0.15, -0.1) is 0 Å². The number of rotatable bonds is 7. The number of carboxylic acid groups (broad SMARTS) is 1. The van der Waals surface area contributed by atoms with Gasteiger partial charge in [0.05, 0.1) is 7.11 Å². The van der Waals surface area contributed by atoms with E-state index in [-0.39, 0.29) is 18.0 Å². The van der Waals surface area contributed by atoms with Crippen LogP contribution in [0.5, 0.6) is 17.2 Å². The van der Waals surface area contributed by atoms with Crippen molar-refractivity contribution in [1.29, 1.82) is 10.8 Å². The summed E-state index contributed by atoms with van der Waals surface area (Å²) in [5, 5.41) is 25.1. The number of ether oxygens (including phenoxy) is 3. The predicted octanol–water partition coefficient (Wildman–Crippen LogP) is 1.85. The summed E-state index contributed by atoms with van der Waals surface area (Å²) < 4.78 is 17.4. The van der Waals surface area contributed by atoms with E-state index >= 15 is 0 Å². The fraction of sp³-hybridized carbons (Fsp3) is 0.375. The van der Waals surface area contributed by atoms with Crippen LogP contribution in [-0.2, 0) is 17.9 Å². The summed E-state index contributed by atoms with van der Waals surface area (Å²) in [6.07, 6.45) is 0.260. The SMILES string of the molecule is COc1cc2c(cc1OC(C(=O)O)c1ccc(OC3CCN(C(=N)N)CC3)cc1)CN(C(=N)N)C2. The summed E-state index contributed by atoms with van der Waals surface area (Å²) in [5.74, 6) is 0.266. The molecule has 2 heterocycles. The molecule has 0 saturated carbocycles. The summed E-state index contributed by atoms with van der Waals surface area (Å²) in [7, 11) is 1.50. The summed E-state index contributed by atoms with van der Waals surface area (Å²) in [6, 6.07) is 10.4. The van der Waals surface area contributed by atoms with E-state index in [0.29, 0.717) is 49.0 Å². The van der Waals surface area contributed by atoms with Crippen molar-refractivity contribution in [2.24, 2.45) is 11.5 Å². The Morgan fingerprint density at radius 3 is 2.09 bits per heavy atom. The highest BCUT2D eigenvalue weighted by Crippen LogP contribution is 2.37. The van der Waals surface area contributed by atoms with Gasteiger partial charge in [0.1, 0.15) is 11.9 Å². The molecule has 0 amide bonds. The maximum Gasteiger partial charge on any atom is 0.349 e. The Morgan fingerprint density at radius 1 is 1.00 bits per heavy atom. The molecule has 0 aromatic heterocycles. The zero-order chi connectivity index (χ0) is 25.1. The molecule has 11 heteroatoms. The van der Waals surface area contributed by atoms with Crippen LogP contribution < -0.4 is 25.7 Å². The number of benzene rings is 2. The molecule has 35 heavy (non-hydrogen) atoms. The first-order valence-corrected chi connectivity index (χ1v) is 11.3. The number of carbonyl (C=O) groups is 1. The molecule has 4 rings (SSSR count). The van der Waals surface area contributed by atoms with Crippen LogP contribution in [0.4, 0.5) is 0 Å². The Hall–Kier alpha value is -4.15. The van der Waals surface area contributed by atoms with E-state index < -0.39 is 12.1 Å². The van der Waals surface area contributed by atoms with Gasteiger partial charge in [-0.1, -0.05) is 12.1 Å². The van der Waals surface area contributed by atoms with Crippen LogP contribution in [-0.4, -0.2) is 59.1 Å². The van der Waals surface area contributed by atoms with E-state index in [1.807, 2.05) is 4.90 Å². The normalized spacial score (nSPS) is 16.4. The third-order valence-corrected chi connectivity index (χ3v) is 6.29. The zero-order valence-electron chi connectivity index (χ0n) is 19.5. The molecule has 1 saturated heterocycles. The Bertz CT molecular complexity index is 1110. The van der Waals surface area contributed by atoms with Crippen molar-refractivity contribution in [1.82, 2.24) is 9.80 Å². The molecule has 1 unspecified atom stereocenters. The number of hydrogen-bond donors (Lipinski definition) is 5. The van der Waals surface area contributed by atoms with Crippen LogP contribution in [0.1, 0.15) is 35.6 Å². The van der Waals surface area contributed by atoms with Gasteiger partial charge in [-0.05, 0) is 35.4 Å². The minimum Gasteiger partial charge on any atom is -0.493 e. The van der Waals surface area contributed by atoms with E-state index in [1.54, 1.807) is 41.3 Å². The van der Waals surface area contributed by atoms with E-state index in [4.69, 9.17) is 36.5 Å². The molecule has 2 aromatic carbocycles. The molecule has 0 radical (unpaired) electrons. The van der Waals surface area contributed by atoms with Crippen molar-refractivity contribution in [2.45, 2.75) is 38.1 Å². The van der Waals surface area contributed by atoms with Crippen molar-refractivity contribution >= 4 is 17.9 Å². The minimum absolute atomic E-state index is 0.00761. The van der Waals surface area contributed by atoms with Crippen molar-refractivity contribution in [3.05, 3.63) is 53.1 Å². The van der Waals surface area contributed by atoms with E-state index in [0.717, 1.165) is 24.0 Å². The van der Waals surface area contributed by atoms with Gasteiger partial charge in [0.15, 0.2) is 23.4 Å². The molecule has 0 bridgehead atoms. The lowest BCUT2D eigenvalue weighted by atomic mass is 10.1. The number of guanidine groups is 2.